The van der Waals surface area contributed by atoms with Crippen LogP contribution in [0.5, 0.6) is 0 Å². The Morgan fingerprint density at radius 2 is 1.90 bits per heavy atom. The first-order chi connectivity index (χ1) is 14.2. The van der Waals surface area contributed by atoms with Gasteiger partial charge in [-0.2, -0.15) is 4.98 Å². The lowest BCUT2D eigenvalue weighted by atomic mass is 10.1. The van der Waals surface area contributed by atoms with Crippen LogP contribution < -0.4 is 5.32 Å². The third-order valence-corrected chi connectivity index (χ3v) is 4.83. The second-order valence-corrected chi connectivity index (χ2v) is 6.82. The van der Waals surface area contributed by atoms with Crippen molar-refractivity contribution in [3.63, 3.8) is 0 Å². The van der Waals surface area contributed by atoms with Crippen LogP contribution in [0.15, 0.2) is 71.4 Å². The molecule has 0 atom stereocenters. The average Bonchev–Trinajstić information content (AvgIpc) is 3.39. The fourth-order valence-electron chi connectivity index (χ4n) is 3.31. The summed E-state index contributed by atoms with van der Waals surface area (Å²) in [6, 6.07) is 19.4. The molecule has 4 aromatic rings. The highest BCUT2D eigenvalue weighted by molar-refractivity contribution is 5.92. The molecule has 0 aliphatic heterocycles. The monoisotopic (exact) mass is 386 g/mol. The second kappa shape index (κ2) is 8.14. The molecular weight excluding hydrogens is 364 g/mol. The summed E-state index contributed by atoms with van der Waals surface area (Å²) in [4.78, 5) is 17.2. The van der Waals surface area contributed by atoms with Crippen molar-refractivity contribution in [3.8, 4) is 23.0 Å². The lowest BCUT2D eigenvalue weighted by molar-refractivity contribution is -0.116. The maximum absolute atomic E-state index is 12.7. The summed E-state index contributed by atoms with van der Waals surface area (Å²) in [7, 11) is 0. The van der Waals surface area contributed by atoms with Crippen molar-refractivity contribution < 1.29 is 9.32 Å². The van der Waals surface area contributed by atoms with Crippen LogP contribution in [0.1, 0.15) is 18.1 Å². The van der Waals surface area contributed by atoms with Crippen molar-refractivity contribution in [2.75, 3.05) is 5.32 Å². The lowest BCUT2D eigenvalue weighted by Crippen LogP contribution is -2.20. The predicted molar refractivity (Wildman–Crippen MR) is 112 cm³/mol. The molecular formula is C23H22N4O2. The molecule has 0 saturated carbocycles. The van der Waals surface area contributed by atoms with Crippen LogP contribution in [0.25, 0.3) is 23.0 Å². The molecule has 146 valence electrons. The van der Waals surface area contributed by atoms with E-state index in [1.54, 1.807) is 0 Å². The number of benzene rings is 2. The van der Waals surface area contributed by atoms with Gasteiger partial charge in [0.2, 0.25) is 11.7 Å². The summed E-state index contributed by atoms with van der Waals surface area (Å²) in [5.41, 5.74) is 4.64. The van der Waals surface area contributed by atoms with Gasteiger partial charge in [-0.1, -0.05) is 60.6 Å². The molecule has 0 saturated heterocycles. The summed E-state index contributed by atoms with van der Waals surface area (Å²) in [6.45, 7) is 4.23. The van der Waals surface area contributed by atoms with Gasteiger partial charge in [0.1, 0.15) is 12.2 Å². The van der Waals surface area contributed by atoms with Crippen LogP contribution in [0.2, 0.25) is 0 Å². The van der Waals surface area contributed by atoms with Crippen LogP contribution in [-0.2, 0) is 17.8 Å². The number of anilines is 1. The first-order valence-electron chi connectivity index (χ1n) is 9.58. The van der Waals surface area contributed by atoms with E-state index in [0.29, 0.717) is 17.4 Å². The smallest absolute Gasteiger partial charge is 0.274 e. The number of aryl methyl sites for hydroxylation is 2. The minimum Gasteiger partial charge on any atom is -0.334 e. The largest absolute Gasteiger partial charge is 0.334 e. The minimum absolute atomic E-state index is 0.103. The number of para-hydroxylation sites is 1. The van der Waals surface area contributed by atoms with E-state index in [0.717, 1.165) is 28.8 Å². The highest BCUT2D eigenvalue weighted by atomic mass is 16.5. The van der Waals surface area contributed by atoms with Crippen LogP contribution in [0.4, 0.5) is 5.69 Å². The van der Waals surface area contributed by atoms with Crippen LogP contribution in [0, 0.1) is 6.92 Å². The molecule has 0 spiro atoms. The van der Waals surface area contributed by atoms with E-state index in [2.05, 4.69) is 22.4 Å². The Morgan fingerprint density at radius 3 is 2.69 bits per heavy atom. The molecule has 1 N–H and O–H groups in total. The van der Waals surface area contributed by atoms with Gasteiger partial charge < -0.3 is 14.4 Å². The van der Waals surface area contributed by atoms with E-state index in [4.69, 9.17) is 4.52 Å². The molecule has 0 bridgehead atoms. The van der Waals surface area contributed by atoms with Crippen molar-refractivity contribution in [1.82, 2.24) is 14.7 Å². The molecule has 0 fully saturated rings. The number of nitrogens with one attached hydrogen (secondary N) is 1. The Morgan fingerprint density at radius 1 is 1.07 bits per heavy atom. The number of carbonyl (C=O) groups excluding carboxylic acids is 1. The number of rotatable bonds is 6. The van der Waals surface area contributed by atoms with Gasteiger partial charge in [-0.05, 0) is 36.6 Å². The topological polar surface area (TPSA) is 73.0 Å². The Balaban J connectivity index is 1.53. The zero-order valence-corrected chi connectivity index (χ0v) is 16.4. The summed E-state index contributed by atoms with van der Waals surface area (Å²) < 4.78 is 7.25. The maximum Gasteiger partial charge on any atom is 0.274 e. The molecule has 29 heavy (non-hydrogen) atoms. The first kappa shape index (κ1) is 18.7. The predicted octanol–water partition coefficient (Wildman–Crippen LogP) is 4.71. The Bertz CT molecular complexity index is 1130. The Kier molecular flexibility index (Phi) is 5.24. The molecule has 6 nitrogen and oxygen atoms in total. The molecule has 6 heteroatoms. The normalized spacial score (nSPS) is 10.8. The van der Waals surface area contributed by atoms with E-state index in [-0.39, 0.29) is 12.5 Å². The standard InChI is InChI=1S/C23H22N4O2/c1-3-17-12-7-9-16(2)21(17)24-20(28)15-27-14-8-13-19(27)23-25-22(26-29-23)18-10-5-4-6-11-18/h4-14H,3,15H2,1-2H3,(H,24,28). The average molecular weight is 386 g/mol. The third kappa shape index (κ3) is 3.96. The number of hydrogen-bond acceptors (Lipinski definition) is 4. The van der Waals surface area contributed by atoms with Crippen molar-refractivity contribution in [1.29, 1.82) is 0 Å². The molecule has 0 unspecified atom stereocenters. The van der Waals surface area contributed by atoms with Gasteiger partial charge in [-0.3, -0.25) is 4.79 Å². The Labute approximate surface area is 169 Å². The van der Waals surface area contributed by atoms with E-state index in [1.807, 2.05) is 78.4 Å². The molecule has 2 aromatic carbocycles. The summed E-state index contributed by atoms with van der Waals surface area (Å²) in [5.74, 6) is 0.798. The fourth-order valence-corrected chi connectivity index (χ4v) is 3.31. The van der Waals surface area contributed by atoms with Crippen molar-refractivity contribution in [2.24, 2.45) is 0 Å². The van der Waals surface area contributed by atoms with Gasteiger partial charge in [0, 0.05) is 17.4 Å². The van der Waals surface area contributed by atoms with Gasteiger partial charge in [0.05, 0.1) is 0 Å². The number of amides is 1. The molecule has 1 amide bonds. The van der Waals surface area contributed by atoms with Gasteiger partial charge in [-0.25, -0.2) is 0 Å². The molecule has 2 heterocycles. The van der Waals surface area contributed by atoms with Crippen LogP contribution in [0.3, 0.4) is 0 Å². The first-order valence-corrected chi connectivity index (χ1v) is 9.58. The molecule has 0 aliphatic carbocycles. The van der Waals surface area contributed by atoms with E-state index < -0.39 is 0 Å². The summed E-state index contributed by atoms with van der Waals surface area (Å²) in [5, 5.41) is 7.12. The zero-order chi connectivity index (χ0) is 20.2. The number of aromatic nitrogens is 3. The molecule has 2 aromatic heterocycles. The van der Waals surface area contributed by atoms with Crippen molar-refractivity contribution in [2.45, 2.75) is 26.8 Å². The molecule has 4 rings (SSSR count). The van der Waals surface area contributed by atoms with Gasteiger partial charge in [0.15, 0.2) is 0 Å². The number of hydrogen-bond donors (Lipinski definition) is 1. The van der Waals surface area contributed by atoms with Crippen LogP contribution in [-0.4, -0.2) is 20.6 Å². The lowest BCUT2D eigenvalue weighted by Gasteiger charge is -2.14. The van der Waals surface area contributed by atoms with E-state index >= 15 is 0 Å². The third-order valence-electron chi connectivity index (χ3n) is 4.83. The summed E-state index contributed by atoms with van der Waals surface area (Å²) in [6.07, 6.45) is 2.69. The number of carbonyl (C=O) groups is 1. The molecule has 0 radical (unpaired) electrons. The second-order valence-electron chi connectivity index (χ2n) is 6.82. The SMILES string of the molecule is CCc1cccc(C)c1NC(=O)Cn1cccc1-c1nc(-c2ccccc2)no1. The van der Waals surface area contributed by atoms with E-state index in [1.165, 1.54) is 0 Å². The molecule has 0 aliphatic rings. The quantitative estimate of drug-likeness (QED) is 0.521. The van der Waals surface area contributed by atoms with Gasteiger partial charge in [-0.15, -0.1) is 0 Å². The fraction of sp³-hybridized carbons (Fsp3) is 0.174. The van der Waals surface area contributed by atoms with E-state index in [9.17, 15) is 4.79 Å². The number of nitrogens with zero attached hydrogens (tertiary/aromatic N) is 3. The van der Waals surface area contributed by atoms with Crippen LogP contribution >= 0.6 is 0 Å². The minimum atomic E-state index is -0.103. The summed E-state index contributed by atoms with van der Waals surface area (Å²) >= 11 is 0. The highest BCUT2D eigenvalue weighted by Crippen LogP contribution is 2.24. The highest BCUT2D eigenvalue weighted by Gasteiger charge is 2.16. The zero-order valence-electron chi connectivity index (χ0n) is 16.4. The van der Waals surface area contributed by atoms with Gasteiger partial charge in [0.25, 0.3) is 5.89 Å². The Hall–Kier alpha value is -3.67. The van der Waals surface area contributed by atoms with Crippen molar-refractivity contribution >= 4 is 11.6 Å². The van der Waals surface area contributed by atoms with Crippen molar-refractivity contribution in [3.05, 3.63) is 78.0 Å². The van der Waals surface area contributed by atoms with Gasteiger partial charge >= 0.3 is 0 Å². The maximum atomic E-state index is 12.7.